The Morgan fingerprint density at radius 1 is 1.16 bits per heavy atom. The molecule has 1 fully saturated rings. The molecule has 2 bridgehead atoms. The lowest BCUT2D eigenvalue weighted by atomic mass is 10.1. The third-order valence-electron chi connectivity index (χ3n) is 5.54. The fourth-order valence-corrected chi connectivity index (χ4v) is 4.05. The van der Waals surface area contributed by atoms with Crippen molar-refractivity contribution >= 4 is 23.4 Å². The molecule has 0 saturated carbocycles. The van der Waals surface area contributed by atoms with Crippen LogP contribution in [0.15, 0.2) is 42.9 Å². The molecule has 5 rings (SSSR count). The topological polar surface area (TPSA) is 87.1 Å². The molecular formula is C21H18F3N7O. The molecule has 0 radical (unpaired) electrons. The van der Waals surface area contributed by atoms with Crippen molar-refractivity contribution in [3.63, 3.8) is 0 Å². The van der Waals surface area contributed by atoms with Crippen molar-refractivity contribution in [3.05, 3.63) is 54.2 Å². The van der Waals surface area contributed by atoms with Crippen molar-refractivity contribution in [3.8, 4) is 11.3 Å². The highest BCUT2D eigenvalue weighted by atomic mass is 19.4. The summed E-state index contributed by atoms with van der Waals surface area (Å²) in [7, 11) is 0. The third-order valence-corrected chi connectivity index (χ3v) is 5.54. The van der Waals surface area contributed by atoms with E-state index in [0.717, 1.165) is 36.1 Å². The maximum atomic E-state index is 13.2. The van der Waals surface area contributed by atoms with Crippen molar-refractivity contribution in [2.24, 2.45) is 0 Å². The monoisotopic (exact) mass is 441 g/mol. The molecule has 1 N–H and O–H groups in total. The smallest absolute Gasteiger partial charge is 0.366 e. The highest BCUT2D eigenvalue weighted by molar-refractivity contribution is 6.04. The lowest BCUT2D eigenvalue weighted by Gasteiger charge is -2.35. The number of hydrogen-bond donors (Lipinski definition) is 1. The van der Waals surface area contributed by atoms with E-state index in [1.54, 1.807) is 11.1 Å². The number of amides is 2. The van der Waals surface area contributed by atoms with Gasteiger partial charge in [-0.1, -0.05) is 0 Å². The average Bonchev–Trinajstić information content (AvgIpc) is 3.17. The van der Waals surface area contributed by atoms with E-state index in [1.165, 1.54) is 0 Å². The summed E-state index contributed by atoms with van der Waals surface area (Å²) in [6.07, 6.45) is -0.644. The predicted molar refractivity (Wildman–Crippen MR) is 111 cm³/mol. The first kappa shape index (κ1) is 20.2. The highest BCUT2D eigenvalue weighted by Crippen LogP contribution is 2.40. The number of nitrogens with one attached hydrogen (secondary N) is 1. The number of aromatic nitrogens is 4. The number of carbonyl (C=O) groups is 1. The number of pyridine rings is 2. The zero-order valence-corrected chi connectivity index (χ0v) is 17.0. The second-order valence-electron chi connectivity index (χ2n) is 7.70. The maximum absolute atomic E-state index is 13.2. The van der Waals surface area contributed by atoms with Crippen molar-refractivity contribution in [1.29, 1.82) is 0 Å². The maximum Gasteiger partial charge on any atom is 0.434 e. The van der Waals surface area contributed by atoms with Gasteiger partial charge in [0, 0.05) is 30.5 Å². The molecule has 1 atom stereocenters. The van der Waals surface area contributed by atoms with Crippen LogP contribution >= 0.6 is 0 Å². The van der Waals surface area contributed by atoms with Crippen LogP contribution in [-0.4, -0.2) is 45.1 Å². The van der Waals surface area contributed by atoms with E-state index in [4.69, 9.17) is 4.98 Å². The summed E-state index contributed by atoms with van der Waals surface area (Å²) in [5, 5.41) is 2.56. The van der Waals surface area contributed by atoms with E-state index >= 15 is 0 Å². The molecule has 11 heteroatoms. The minimum absolute atomic E-state index is 0.0640. The molecule has 0 aromatic carbocycles. The summed E-state index contributed by atoms with van der Waals surface area (Å²) < 4.78 is 38.2. The molecule has 164 valence electrons. The van der Waals surface area contributed by atoms with E-state index in [9.17, 15) is 18.0 Å². The number of halogens is 3. The summed E-state index contributed by atoms with van der Waals surface area (Å²) in [4.78, 5) is 32.9. The highest BCUT2D eigenvalue weighted by Gasteiger charge is 2.40. The molecule has 3 aromatic heterocycles. The Bertz CT molecular complexity index is 1180. The van der Waals surface area contributed by atoms with Gasteiger partial charge in [0.05, 0.1) is 29.8 Å². The van der Waals surface area contributed by atoms with Crippen molar-refractivity contribution < 1.29 is 18.0 Å². The van der Waals surface area contributed by atoms with Crippen molar-refractivity contribution in [1.82, 2.24) is 19.9 Å². The van der Waals surface area contributed by atoms with Crippen LogP contribution in [0.2, 0.25) is 0 Å². The first-order valence-electron chi connectivity index (χ1n) is 9.98. The molecule has 5 heterocycles. The Kier molecular flexibility index (Phi) is 4.68. The Hall–Kier alpha value is -3.76. The predicted octanol–water partition coefficient (Wildman–Crippen LogP) is 3.89. The van der Waals surface area contributed by atoms with Gasteiger partial charge in [-0.05, 0) is 37.6 Å². The first-order chi connectivity index (χ1) is 15.3. The minimum Gasteiger partial charge on any atom is -0.366 e. The molecular weight excluding hydrogens is 423 g/mol. The van der Waals surface area contributed by atoms with Gasteiger partial charge in [-0.3, -0.25) is 15.2 Å². The molecule has 0 aliphatic carbocycles. The average molecular weight is 441 g/mol. The van der Waals surface area contributed by atoms with Crippen LogP contribution in [0.3, 0.4) is 0 Å². The van der Waals surface area contributed by atoms with Gasteiger partial charge in [0.25, 0.3) is 0 Å². The Morgan fingerprint density at radius 3 is 2.72 bits per heavy atom. The lowest BCUT2D eigenvalue weighted by Crippen LogP contribution is -2.48. The molecule has 2 aliphatic rings. The molecule has 1 unspecified atom stereocenters. The molecule has 1 saturated heterocycles. The van der Waals surface area contributed by atoms with Crippen LogP contribution in [0.25, 0.3) is 11.3 Å². The largest absolute Gasteiger partial charge is 0.434 e. The lowest BCUT2D eigenvalue weighted by molar-refractivity contribution is -0.141. The van der Waals surface area contributed by atoms with Gasteiger partial charge in [0.1, 0.15) is 0 Å². The van der Waals surface area contributed by atoms with Gasteiger partial charge in [-0.2, -0.15) is 13.2 Å². The molecule has 3 aromatic rings. The van der Waals surface area contributed by atoms with Gasteiger partial charge in [0.2, 0.25) is 0 Å². The first-order valence-corrected chi connectivity index (χ1v) is 9.98. The van der Waals surface area contributed by atoms with Gasteiger partial charge in [0.15, 0.2) is 17.3 Å². The molecule has 8 nitrogen and oxygen atoms in total. The van der Waals surface area contributed by atoms with E-state index < -0.39 is 17.9 Å². The number of urea groups is 1. The zero-order chi connectivity index (χ0) is 22.5. The zero-order valence-electron chi connectivity index (χ0n) is 17.0. The van der Waals surface area contributed by atoms with Crippen LogP contribution in [0.5, 0.6) is 0 Å². The SMILES string of the molecule is Cc1cc(-c2ccc3c(n2)N(C(=O)Nc2cnc(C(F)(F)F)cn2)C2CCN3C2)ccn1. The summed E-state index contributed by atoms with van der Waals surface area (Å²) in [5.74, 6) is 0.439. The van der Waals surface area contributed by atoms with Crippen molar-refractivity contribution in [2.75, 3.05) is 28.2 Å². The summed E-state index contributed by atoms with van der Waals surface area (Å²) in [6, 6.07) is 6.99. The number of hydrogen-bond acceptors (Lipinski definition) is 6. The van der Waals surface area contributed by atoms with Gasteiger partial charge >= 0.3 is 12.2 Å². The minimum atomic E-state index is -4.60. The van der Waals surface area contributed by atoms with Crippen molar-refractivity contribution in [2.45, 2.75) is 25.6 Å². The molecule has 32 heavy (non-hydrogen) atoms. The number of fused-ring (bicyclic) bond motifs is 4. The Balaban J connectivity index is 1.47. The quantitative estimate of drug-likeness (QED) is 0.649. The van der Waals surface area contributed by atoms with E-state index in [2.05, 4.69) is 25.2 Å². The number of carbonyl (C=O) groups excluding carboxylic acids is 1. The molecule has 2 amide bonds. The number of alkyl halides is 3. The number of nitrogens with zero attached hydrogens (tertiary/aromatic N) is 6. The number of aryl methyl sites for hydroxylation is 1. The Morgan fingerprint density at radius 2 is 2.00 bits per heavy atom. The second-order valence-corrected chi connectivity index (χ2v) is 7.70. The number of anilines is 3. The van der Waals surface area contributed by atoms with Crippen LogP contribution in [-0.2, 0) is 6.18 Å². The summed E-state index contributed by atoms with van der Waals surface area (Å²) in [5.41, 5.74) is 2.14. The van der Waals surface area contributed by atoms with Gasteiger partial charge < -0.3 is 4.90 Å². The summed E-state index contributed by atoms with van der Waals surface area (Å²) in [6.45, 7) is 3.34. The molecule has 2 aliphatic heterocycles. The fraction of sp³-hybridized carbons (Fsp3) is 0.286. The standard InChI is InChI=1S/C21H18F3N7O/c1-12-8-13(4-6-25-12)15-2-3-16-19(28-15)31(14-5-7-30(16)11-14)20(32)29-18-10-26-17(9-27-18)21(22,23)24/h2-4,6,8-10,14H,5,7,11H2,1H3,(H,27,29,32). The van der Waals surface area contributed by atoms with Crippen LogP contribution in [0.4, 0.5) is 35.3 Å². The van der Waals surface area contributed by atoms with Crippen LogP contribution < -0.4 is 15.1 Å². The van der Waals surface area contributed by atoms with Crippen LogP contribution in [0, 0.1) is 6.92 Å². The van der Waals surface area contributed by atoms with Gasteiger partial charge in [-0.25, -0.2) is 19.7 Å². The molecule has 0 spiro atoms. The van der Waals surface area contributed by atoms with E-state index in [-0.39, 0.29) is 11.9 Å². The second kappa shape index (κ2) is 7.43. The summed E-state index contributed by atoms with van der Waals surface area (Å²) >= 11 is 0. The number of rotatable bonds is 2. The van der Waals surface area contributed by atoms with E-state index in [1.807, 2.05) is 31.2 Å². The fourth-order valence-electron chi connectivity index (χ4n) is 4.05. The van der Waals surface area contributed by atoms with Crippen LogP contribution in [0.1, 0.15) is 17.8 Å². The normalized spacial score (nSPS) is 17.3. The van der Waals surface area contributed by atoms with Gasteiger partial charge in [-0.15, -0.1) is 0 Å². The Labute approximate surface area is 181 Å². The van der Waals surface area contributed by atoms with E-state index in [0.29, 0.717) is 24.3 Å². The third kappa shape index (κ3) is 3.59.